The molecule has 0 bridgehead atoms. The Balaban J connectivity index is 3.63. The van der Waals surface area contributed by atoms with Gasteiger partial charge >= 0.3 is 5.43 Å². The molecule has 0 rings (SSSR count). The minimum atomic E-state index is -0.714. The van der Waals surface area contributed by atoms with Crippen LogP contribution in [0.2, 0.25) is 0 Å². The molecule has 0 aromatic heterocycles. The second-order valence-corrected chi connectivity index (χ2v) is 3.75. The molecular formula is C8H15ClO2. The fourth-order valence-electron chi connectivity index (χ4n) is 1.00. The van der Waals surface area contributed by atoms with Gasteiger partial charge in [0, 0.05) is 11.6 Å². The summed E-state index contributed by atoms with van der Waals surface area (Å²) in [5.41, 5.74) is -0.659. The predicted octanol–water partition coefficient (Wildman–Crippen LogP) is 3.19. The molecule has 11 heavy (non-hydrogen) atoms. The zero-order valence-electron chi connectivity index (χ0n) is 7.32. The van der Waals surface area contributed by atoms with Gasteiger partial charge in [-0.25, -0.2) is 4.79 Å². The topological polar surface area (TPSA) is 26.3 Å². The second-order valence-electron chi connectivity index (χ2n) is 3.44. The third kappa shape index (κ3) is 6.17. The smallest absolute Gasteiger partial charge is 0.403 e. The molecular weight excluding hydrogens is 164 g/mol. The standard InChI is InChI=1S/C8H15ClO2/c1-4-5-8(2,3)6-11-7(9)10/h4-6H2,1-3H3. The van der Waals surface area contributed by atoms with Crippen molar-refractivity contribution < 1.29 is 9.53 Å². The molecule has 0 amide bonds. The molecule has 0 saturated heterocycles. The van der Waals surface area contributed by atoms with E-state index in [4.69, 9.17) is 11.6 Å². The molecule has 0 spiro atoms. The van der Waals surface area contributed by atoms with Crippen LogP contribution in [0, 0.1) is 5.41 Å². The summed E-state index contributed by atoms with van der Waals surface area (Å²) in [7, 11) is 0. The van der Waals surface area contributed by atoms with Gasteiger partial charge in [-0.3, -0.25) is 0 Å². The first-order valence-electron chi connectivity index (χ1n) is 3.80. The van der Waals surface area contributed by atoms with Crippen molar-refractivity contribution >= 4 is 17.0 Å². The Kier molecular flexibility index (Phi) is 4.50. The van der Waals surface area contributed by atoms with Crippen molar-refractivity contribution in [2.45, 2.75) is 33.6 Å². The lowest BCUT2D eigenvalue weighted by molar-refractivity contribution is 0.113. The van der Waals surface area contributed by atoms with Crippen molar-refractivity contribution in [2.24, 2.45) is 5.41 Å². The Morgan fingerprint density at radius 3 is 2.45 bits per heavy atom. The van der Waals surface area contributed by atoms with Gasteiger partial charge in [-0.15, -0.1) is 0 Å². The number of rotatable bonds is 4. The van der Waals surface area contributed by atoms with Crippen molar-refractivity contribution in [3.05, 3.63) is 0 Å². The van der Waals surface area contributed by atoms with Crippen LogP contribution < -0.4 is 0 Å². The predicted molar refractivity (Wildman–Crippen MR) is 45.9 cm³/mol. The highest BCUT2D eigenvalue weighted by Crippen LogP contribution is 2.22. The van der Waals surface area contributed by atoms with Gasteiger partial charge in [0.15, 0.2) is 0 Å². The lowest BCUT2D eigenvalue weighted by Gasteiger charge is -2.22. The zero-order valence-corrected chi connectivity index (χ0v) is 8.07. The maximum Gasteiger partial charge on any atom is 0.403 e. The number of hydrogen-bond donors (Lipinski definition) is 0. The molecule has 0 heterocycles. The van der Waals surface area contributed by atoms with Crippen molar-refractivity contribution in [2.75, 3.05) is 6.61 Å². The highest BCUT2D eigenvalue weighted by atomic mass is 35.5. The minimum Gasteiger partial charge on any atom is -0.453 e. The molecule has 0 atom stereocenters. The van der Waals surface area contributed by atoms with Crippen LogP contribution in [0.3, 0.4) is 0 Å². The highest BCUT2D eigenvalue weighted by molar-refractivity contribution is 6.61. The van der Waals surface area contributed by atoms with E-state index >= 15 is 0 Å². The average molecular weight is 179 g/mol. The molecule has 0 saturated carbocycles. The summed E-state index contributed by atoms with van der Waals surface area (Å²) >= 11 is 5.02. The van der Waals surface area contributed by atoms with Gasteiger partial charge in [0.2, 0.25) is 0 Å². The molecule has 0 aliphatic carbocycles. The van der Waals surface area contributed by atoms with Crippen molar-refractivity contribution in [1.29, 1.82) is 0 Å². The van der Waals surface area contributed by atoms with Gasteiger partial charge in [0.1, 0.15) is 0 Å². The third-order valence-corrected chi connectivity index (χ3v) is 1.61. The zero-order chi connectivity index (χ0) is 8.91. The molecule has 2 nitrogen and oxygen atoms in total. The molecule has 0 unspecified atom stereocenters. The van der Waals surface area contributed by atoms with Gasteiger partial charge in [-0.05, 0) is 11.8 Å². The lowest BCUT2D eigenvalue weighted by Crippen LogP contribution is -2.19. The second kappa shape index (κ2) is 4.60. The van der Waals surface area contributed by atoms with E-state index in [1.165, 1.54) is 0 Å². The molecule has 0 aromatic rings. The molecule has 3 heteroatoms. The van der Waals surface area contributed by atoms with E-state index in [1.807, 2.05) is 0 Å². The first-order valence-corrected chi connectivity index (χ1v) is 4.18. The van der Waals surface area contributed by atoms with E-state index in [-0.39, 0.29) is 5.41 Å². The van der Waals surface area contributed by atoms with Gasteiger partial charge in [0.25, 0.3) is 0 Å². The quantitative estimate of drug-likeness (QED) is 0.618. The van der Waals surface area contributed by atoms with Crippen LogP contribution in [-0.4, -0.2) is 12.0 Å². The van der Waals surface area contributed by atoms with Crippen LogP contribution in [0.4, 0.5) is 4.79 Å². The van der Waals surface area contributed by atoms with Crippen molar-refractivity contribution in [3.8, 4) is 0 Å². The summed E-state index contributed by atoms with van der Waals surface area (Å²) in [6, 6.07) is 0. The van der Waals surface area contributed by atoms with E-state index < -0.39 is 5.43 Å². The lowest BCUT2D eigenvalue weighted by atomic mass is 9.89. The first kappa shape index (κ1) is 10.8. The Bertz CT molecular complexity index is 132. The number of carbonyl (C=O) groups excluding carboxylic acids is 1. The van der Waals surface area contributed by atoms with Gasteiger partial charge < -0.3 is 4.74 Å². The summed E-state index contributed by atoms with van der Waals surface area (Å²) in [5.74, 6) is 0. The van der Waals surface area contributed by atoms with Crippen molar-refractivity contribution in [3.63, 3.8) is 0 Å². The largest absolute Gasteiger partial charge is 0.453 e. The molecule has 0 aliphatic heterocycles. The Morgan fingerprint density at radius 2 is 2.09 bits per heavy atom. The van der Waals surface area contributed by atoms with E-state index in [0.717, 1.165) is 12.8 Å². The summed E-state index contributed by atoms with van der Waals surface area (Å²) in [6.07, 6.45) is 2.13. The summed E-state index contributed by atoms with van der Waals surface area (Å²) in [4.78, 5) is 10.2. The van der Waals surface area contributed by atoms with Crippen LogP contribution in [0.15, 0.2) is 0 Å². The van der Waals surface area contributed by atoms with Crippen LogP contribution in [0.5, 0.6) is 0 Å². The Morgan fingerprint density at radius 1 is 1.55 bits per heavy atom. The fourth-order valence-corrected chi connectivity index (χ4v) is 1.06. The molecule has 0 fully saturated rings. The van der Waals surface area contributed by atoms with Gasteiger partial charge in [-0.1, -0.05) is 27.2 Å². The van der Waals surface area contributed by atoms with E-state index in [9.17, 15) is 4.79 Å². The fraction of sp³-hybridized carbons (Fsp3) is 0.875. The van der Waals surface area contributed by atoms with Gasteiger partial charge in [0.05, 0.1) is 6.61 Å². The number of ether oxygens (including phenoxy) is 1. The maximum absolute atomic E-state index is 10.2. The Hall–Kier alpha value is -0.240. The van der Waals surface area contributed by atoms with Crippen molar-refractivity contribution in [1.82, 2.24) is 0 Å². The Labute approximate surface area is 72.9 Å². The monoisotopic (exact) mass is 178 g/mol. The molecule has 0 radical (unpaired) electrons. The summed E-state index contributed by atoms with van der Waals surface area (Å²) in [6.45, 7) is 6.61. The summed E-state index contributed by atoms with van der Waals surface area (Å²) < 4.78 is 4.69. The molecule has 0 aliphatic rings. The van der Waals surface area contributed by atoms with Crippen LogP contribution in [0.25, 0.3) is 0 Å². The molecule has 0 aromatic carbocycles. The average Bonchev–Trinajstić information content (AvgIpc) is 1.84. The van der Waals surface area contributed by atoms with Crippen LogP contribution in [0.1, 0.15) is 33.6 Å². The van der Waals surface area contributed by atoms with E-state index in [0.29, 0.717) is 6.61 Å². The van der Waals surface area contributed by atoms with Gasteiger partial charge in [-0.2, -0.15) is 0 Å². The number of carbonyl (C=O) groups is 1. The minimum absolute atomic E-state index is 0.0549. The normalized spacial score (nSPS) is 11.3. The third-order valence-electron chi connectivity index (χ3n) is 1.50. The summed E-state index contributed by atoms with van der Waals surface area (Å²) in [5, 5.41) is 0. The maximum atomic E-state index is 10.2. The number of halogens is 1. The highest BCUT2D eigenvalue weighted by Gasteiger charge is 2.18. The van der Waals surface area contributed by atoms with Crippen LogP contribution >= 0.6 is 11.6 Å². The molecule has 66 valence electrons. The van der Waals surface area contributed by atoms with E-state index in [1.54, 1.807) is 0 Å². The SMILES string of the molecule is CCCC(C)(C)COC(=O)Cl. The number of hydrogen-bond acceptors (Lipinski definition) is 2. The first-order chi connectivity index (χ1) is 4.98. The molecule has 0 N–H and O–H groups in total. The van der Waals surface area contributed by atoms with Crippen LogP contribution in [-0.2, 0) is 4.74 Å². The van der Waals surface area contributed by atoms with E-state index in [2.05, 4.69) is 25.5 Å².